The molecule has 0 saturated carbocycles. The molecule has 3 aromatic rings. The van der Waals surface area contributed by atoms with E-state index in [0.717, 1.165) is 28.5 Å². The van der Waals surface area contributed by atoms with Crippen LogP contribution < -0.4 is 10.1 Å². The van der Waals surface area contributed by atoms with E-state index in [1.165, 1.54) is 5.56 Å². The van der Waals surface area contributed by atoms with E-state index in [9.17, 15) is 4.79 Å². The number of oxazole rings is 1. The smallest absolute Gasteiger partial charge is 0.236 e. The average Bonchev–Trinajstić information content (AvgIpc) is 3.36. The average molecular weight is 417 g/mol. The molecule has 0 aliphatic heterocycles. The van der Waals surface area contributed by atoms with Gasteiger partial charge < -0.3 is 14.5 Å². The number of nitrogens with one attached hydrogen (secondary N) is 1. The number of thioether (sulfide) groups is 1. The minimum atomic E-state index is -0.155. The van der Waals surface area contributed by atoms with Crippen LogP contribution in [0, 0.1) is 6.92 Å². The van der Waals surface area contributed by atoms with Gasteiger partial charge in [-0.25, -0.2) is 4.98 Å². The van der Waals surface area contributed by atoms with Crippen LogP contribution >= 0.6 is 23.1 Å². The predicted octanol–water partition coefficient (Wildman–Crippen LogP) is 4.70. The molecule has 2 heterocycles. The summed E-state index contributed by atoms with van der Waals surface area (Å²) in [5, 5.41) is 4.85. The van der Waals surface area contributed by atoms with E-state index in [2.05, 4.69) is 10.3 Å². The number of aromatic nitrogens is 1. The highest BCUT2D eigenvalue weighted by atomic mass is 32.2. The van der Waals surface area contributed by atoms with Gasteiger partial charge in [0.2, 0.25) is 11.8 Å². The summed E-state index contributed by atoms with van der Waals surface area (Å²) in [6.45, 7) is 4.45. The van der Waals surface area contributed by atoms with Gasteiger partial charge in [-0.05, 0) is 49.4 Å². The number of carbonyl (C=O) groups is 1. The first-order valence-electron chi connectivity index (χ1n) is 9.09. The summed E-state index contributed by atoms with van der Waals surface area (Å²) in [6, 6.07) is 11.9. The van der Waals surface area contributed by atoms with Crippen molar-refractivity contribution in [1.29, 1.82) is 0 Å². The van der Waals surface area contributed by atoms with Crippen molar-refractivity contribution in [3.8, 4) is 16.5 Å². The van der Waals surface area contributed by atoms with Crippen molar-refractivity contribution < 1.29 is 13.9 Å². The number of rotatable bonds is 9. The summed E-state index contributed by atoms with van der Waals surface area (Å²) < 4.78 is 10.9. The van der Waals surface area contributed by atoms with Crippen molar-refractivity contribution in [2.24, 2.45) is 0 Å². The highest BCUT2D eigenvalue weighted by Gasteiger charge is 2.17. The Morgan fingerprint density at radius 1 is 1.32 bits per heavy atom. The number of carbonyl (C=O) groups excluding carboxylic acids is 1. The molecule has 0 bridgehead atoms. The molecule has 0 aliphatic rings. The van der Waals surface area contributed by atoms with Crippen molar-refractivity contribution in [3.05, 3.63) is 58.8 Å². The van der Waals surface area contributed by atoms with E-state index in [4.69, 9.17) is 9.15 Å². The Balaban J connectivity index is 1.44. The topological polar surface area (TPSA) is 64.4 Å². The van der Waals surface area contributed by atoms with E-state index in [1.807, 2.05) is 55.6 Å². The largest absolute Gasteiger partial charge is 0.497 e. The highest BCUT2D eigenvalue weighted by molar-refractivity contribution is 7.99. The Morgan fingerprint density at radius 2 is 2.11 bits per heavy atom. The lowest BCUT2D eigenvalue weighted by Gasteiger charge is -2.11. The molecule has 0 aliphatic carbocycles. The van der Waals surface area contributed by atoms with Crippen molar-refractivity contribution in [2.45, 2.75) is 31.3 Å². The Bertz CT molecular complexity index is 889. The molecule has 1 N–H and O–H groups in total. The fraction of sp³-hybridized carbons (Fsp3) is 0.333. The summed E-state index contributed by atoms with van der Waals surface area (Å²) in [5.41, 5.74) is 2.06. The van der Waals surface area contributed by atoms with Gasteiger partial charge in [0.25, 0.3) is 0 Å². The zero-order chi connectivity index (χ0) is 19.9. The Hall–Kier alpha value is -2.25. The fourth-order valence-electron chi connectivity index (χ4n) is 2.61. The summed E-state index contributed by atoms with van der Waals surface area (Å²) in [7, 11) is 1.65. The van der Waals surface area contributed by atoms with Crippen molar-refractivity contribution >= 4 is 29.0 Å². The van der Waals surface area contributed by atoms with Crippen molar-refractivity contribution in [2.75, 3.05) is 13.7 Å². The maximum absolute atomic E-state index is 12.3. The van der Waals surface area contributed by atoms with Crippen LogP contribution in [-0.4, -0.2) is 29.8 Å². The molecule has 5 nitrogen and oxygen atoms in total. The van der Waals surface area contributed by atoms with Crippen LogP contribution in [0.1, 0.15) is 23.9 Å². The standard InChI is InChI=1S/C21H24N2O3S2/c1-14-18(23-21(26-14)19-5-4-12-27-19)13-28-15(2)20(24)22-11-10-16-6-8-17(25-3)9-7-16/h4-9,12,15H,10-11,13H2,1-3H3,(H,22,24)/t15-/m0/s1. The monoisotopic (exact) mass is 416 g/mol. The highest BCUT2D eigenvalue weighted by Crippen LogP contribution is 2.28. The number of benzene rings is 1. The first-order chi connectivity index (χ1) is 13.6. The minimum Gasteiger partial charge on any atom is -0.497 e. The normalized spacial score (nSPS) is 12.0. The number of hydrogen-bond acceptors (Lipinski definition) is 6. The van der Waals surface area contributed by atoms with Crippen molar-refractivity contribution in [1.82, 2.24) is 10.3 Å². The minimum absolute atomic E-state index is 0.0399. The summed E-state index contributed by atoms with van der Waals surface area (Å²) in [5.74, 6) is 2.98. The molecule has 1 atom stereocenters. The van der Waals surface area contributed by atoms with E-state index >= 15 is 0 Å². The summed E-state index contributed by atoms with van der Waals surface area (Å²) in [6.07, 6.45) is 0.791. The van der Waals surface area contributed by atoms with Gasteiger partial charge >= 0.3 is 0 Å². The summed E-state index contributed by atoms with van der Waals surface area (Å²) >= 11 is 3.17. The van der Waals surface area contributed by atoms with Crippen LogP contribution in [0.3, 0.4) is 0 Å². The van der Waals surface area contributed by atoms with Crippen LogP contribution in [0.15, 0.2) is 46.2 Å². The number of ether oxygens (including phenoxy) is 1. The molecule has 0 radical (unpaired) electrons. The van der Waals surface area contributed by atoms with Crippen molar-refractivity contribution in [3.63, 3.8) is 0 Å². The molecule has 148 valence electrons. The van der Waals surface area contributed by atoms with Crippen LogP contribution in [0.25, 0.3) is 10.8 Å². The Kier molecular flexibility index (Phi) is 7.17. The number of nitrogens with zero attached hydrogens (tertiary/aromatic N) is 1. The maximum Gasteiger partial charge on any atom is 0.236 e. The third kappa shape index (κ3) is 5.39. The maximum atomic E-state index is 12.3. The lowest BCUT2D eigenvalue weighted by atomic mass is 10.1. The number of methoxy groups -OCH3 is 1. The molecule has 0 fully saturated rings. The molecule has 2 aromatic heterocycles. The van der Waals surface area contributed by atoms with Gasteiger partial charge in [0.05, 0.1) is 22.9 Å². The number of hydrogen-bond donors (Lipinski definition) is 1. The molecular formula is C21H24N2O3S2. The summed E-state index contributed by atoms with van der Waals surface area (Å²) in [4.78, 5) is 17.9. The second-order valence-electron chi connectivity index (χ2n) is 6.34. The zero-order valence-electron chi connectivity index (χ0n) is 16.2. The predicted molar refractivity (Wildman–Crippen MR) is 115 cm³/mol. The van der Waals surface area contributed by atoms with Gasteiger partial charge in [-0.2, -0.15) is 0 Å². The number of thiophene rings is 1. The molecular weight excluding hydrogens is 392 g/mol. The molecule has 1 aromatic carbocycles. The molecule has 0 spiro atoms. The lowest BCUT2D eigenvalue weighted by Crippen LogP contribution is -2.32. The third-order valence-corrected chi connectivity index (χ3v) is 6.35. The molecule has 0 saturated heterocycles. The van der Waals surface area contributed by atoms with Gasteiger partial charge in [0.1, 0.15) is 11.5 Å². The van der Waals surface area contributed by atoms with E-state index in [0.29, 0.717) is 18.2 Å². The van der Waals surface area contributed by atoms with E-state index in [-0.39, 0.29) is 11.2 Å². The zero-order valence-corrected chi connectivity index (χ0v) is 17.9. The molecule has 0 unspecified atom stereocenters. The first-order valence-corrected chi connectivity index (χ1v) is 11.0. The number of amides is 1. The van der Waals surface area contributed by atoms with Crippen LogP contribution in [0.4, 0.5) is 0 Å². The second-order valence-corrected chi connectivity index (χ2v) is 8.62. The second kappa shape index (κ2) is 9.80. The van der Waals surface area contributed by atoms with Gasteiger partial charge in [0.15, 0.2) is 0 Å². The van der Waals surface area contributed by atoms with Gasteiger partial charge in [-0.3, -0.25) is 4.79 Å². The Labute approximate surface area is 173 Å². The van der Waals surface area contributed by atoms with Gasteiger partial charge in [0, 0.05) is 12.3 Å². The van der Waals surface area contributed by atoms with Gasteiger partial charge in [-0.15, -0.1) is 23.1 Å². The van der Waals surface area contributed by atoms with E-state index < -0.39 is 0 Å². The molecule has 7 heteroatoms. The SMILES string of the molecule is COc1ccc(CCNC(=O)[C@H](C)SCc2nc(-c3cccs3)oc2C)cc1. The van der Waals surface area contributed by atoms with Gasteiger partial charge in [-0.1, -0.05) is 18.2 Å². The Morgan fingerprint density at radius 3 is 2.79 bits per heavy atom. The molecule has 3 rings (SSSR count). The number of aryl methyl sites for hydroxylation is 1. The first kappa shape index (κ1) is 20.5. The fourth-order valence-corrected chi connectivity index (χ4v) is 4.17. The van der Waals surface area contributed by atoms with Crippen LogP contribution in [0.2, 0.25) is 0 Å². The lowest BCUT2D eigenvalue weighted by molar-refractivity contribution is -0.120. The third-order valence-electron chi connectivity index (χ3n) is 4.34. The van der Waals surface area contributed by atoms with E-state index in [1.54, 1.807) is 30.2 Å². The van der Waals surface area contributed by atoms with Crippen LogP contribution in [0.5, 0.6) is 5.75 Å². The quantitative estimate of drug-likeness (QED) is 0.548. The molecule has 1 amide bonds. The molecule has 28 heavy (non-hydrogen) atoms. The van der Waals surface area contributed by atoms with Crippen LogP contribution in [-0.2, 0) is 17.0 Å².